The Bertz CT molecular complexity index is 610. The third-order valence-corrected chi connectivity index (χ3v) is 3.91. The summed E-state index contributed by atoms with van der Waals surface area (Å²) in [4.78, 5) is 2.41. The average molecular weight is 306 g/mol. The Morgan fingerprint density at radius 1 is 1.41 bits per heavy atom. The first-order valence-corrected chi connectivity index (χ1v) is 7.55. The summed E-state index contributed by atoms with van der Waals surface area (Å²) in [5.74, 6) is 0.547. The first-order chi connectivity index (χ1) is 10.7. The van der Waals surface area contributed by atoms with Crippen LogP contribution in [-0.4, -0.2) is 57.2 Å². The molecular weight excluding hydrogens is 284 g/mol. The first-order valence-electron chi connectivity index (χ1n) is 7.55. The molecule has 0 spiro atoms. The summed E-state index contributed by atoms with van der Waals surface area (Å²) in [5, 5.41) is 15.2. The number of aryl methyl sites for hydroxylation is 2. The van der Waals surface area contributed by atoms with Crippen molar-refractivity contribution >= 4 is 6.01 Å². The second kappa shape index (κ2) is 6.45. The van der Waals surface area contributed by atoms with Crippen LogP contribution in [0, 0.1) is 6.92 Å². The smallest absolute Gasteiger partial charge is 0.315 e. The lowest BCUT2D eigenvalue weighted by molar-refractivity contribution is -0.0641. The Kier molecular flexibility index (Phi) is 4.39. The van der Waals surface area contributed by atoms with Crippen LogP contribution in [0.3, 0.4) is 0 Å². The van der Waals surface area contributed by atoms with Crippen molar-refractivity contribution in [1.29, 1.82) is 0 Å². The normalized spacial score (nSPS) is 22.9. The maximum atomic E-state index is 5.98. The molecule has 2 aromatic heterocycles. The van der Waals surface area contributed by atoms with Gasteiger partial charge in [0, 0.05) is 38.8 Å². The van der Waals surface area contributed by atoms with Gasteiger partial charge in [0.05, 0.1) is 24.9 Å². The average Bonchev–Trinajstić information content (AvgIpc) is 3.13. The zero-order valence-electron chi connectivity index (χ0n) is 13.2. The summed E-state index contributed by atoms with van der Waals surface area (Å²) in [6.07, 6.45) is 3.96. The number of likely N-dealkylation sites (N-methyl/N-ethyl adjacent to an activating group) is 1. The molecule has 3 rings (SSSR count). The molecule has 2 atom stereocenters. The summed E-state index contributed by atoms with van der Waals surface area (Å²) in [6, 6.07) is 0.601. The number of ether oxygens (including phenoxy) is 1. The zero-order chi connectivity index (χ0) is 15.5. The first kappa shape index (κ1) is 15.0. The number of hydrogen-bond acceptors (Lipinski definition) is 7. The van der Waals surface area contributed by atoms with Crippen molar-refractivity contribution < 1.29 is 9.15 Å². The summed E-state index contributed by atoms with van der Waals surface area (Å²) < 4.78 is 13.2. The van der Waals surface area contributed by atoms with Crippen LogP contribution in [0.5, 0.6) is 0 Å². The quantitative estimate of drug-likeness (QED) is 0.882. The van der Waals surface area contributed by atoms with Crippen LogP contribution in [0.25, 0.3) is 0 Å². The molecule has 0 aliphatic carbocycles. The molecule has 8 nitrogen and oxygen atoms in total. The van der Waals surface area contributed by atoms with E-state index in [2.05, 4.69) is 32.4 Å². The number of aromatic nitrogens is 4. The zero-order valence-corrected chi connectivity index (χ0v) is 13.2. The molecule has 0 radical (unpaired) electrons. The van der Waals surface area contributed by atoms with E-state index >= 15 is 0 Å². The SMILES string of the molecule is CCN1CCO[C@@H](CNc2nnc(C)o2)[C@@H]1c1cnn(C)c1. The predicted octanol–water partition coefficient (Wildman–Crippen LogP) is 0.985. The molecule has 8 heteroatoms. The Labute approximate surface area is 129 Å². The van der Waals surface area contributed by atoms with Crippen LogP contribution in [0.15, 0.2) is 16.8 Å². The molecule has 0 saturated carbocycles. The lowest BCUT2D eigenvalue weighted by Crippen LogP contribution is -2.47. The number of hydrogen-bond donors (Lipinski definition) is 1. The van der Waals surface area contributed by atoms with Gasteiger partial charge in [-0.3, -0.25) is 9.58 Å². The molecule has 0 unspecified atom stereocenters. The molecule has 3 heterocycles. The van der Waals surface area contributed by atoms with Crippen molar-refractivity contribution in [3.63, 3.8) is 0 Å². The van der Waals surface area contributed by atoms with E-state index in [1.807, 2.05) is 24.1 Å². The Balaban J connectivity index is 1.74. The summed E-state index contributed by atoms with van der Waals surface area (Å²) in [5.41, 5.74) is 1.16. The molecule has 1 saturated heterocycles. The van der Waals surface area contributed by atoms with Crippen LogP contribution in [0.1, 0.15) is 24.4 Å². The van der Waals surface area contributed by atoms with Gasteiger partial charge in [0.1, 0.15) is 0 Å². The van der Waals surface area contributed by atoms with E-state index in [-0.39, 0.29) is 12.1 Å². The second-order valence-corrected chi connectivity index (χ2v) is 5.44. The third-order valence-electron chi connectivity index (χ3n) is 3.91. The fourth-order valence-corrected chi connectivity index (χ4v) is 2.89. The van der Waals surface area contributed by atoms with Crippen molar-refractivity contribution in [3.05, 3.63) is 23.8 Å². The molecular formula is C14H22N6O2. The minimum atomic E-state index is 0.00473. The highest BCUT2D eigenvalue weighted by atomic mass is 16.5. The molecule has 1 fully saturated rings. The van der Waals surface area contributed by atoms with Crippen LogP contribution in [0.2, 0.25) is 0 Å². The fraction of sp³-hybridized carbons (Fsp3) is 0.643. The molecule has 1 aliphatic rings. The molecule has 0 amide bonds. The van der Waals surface area contributed by atoms with Gasteiger partial charge in [-0.05, 0) is 6.54 Å². The number of morpholine rings is 1. The molecule has 1 aliphatic heterocycles. The number of nitrogens with zero attached hydrogens (tertiary/aromatic N) is 5. The highest BCUT2D eigenvalue weighted by Crippen LogP contribution is 2.29. The molecule has 120 valence electrons. The third kappa shape index (κ3) is 3.12. The van der Waals surface area contributed by atoms with E-state index in [0.29, 0.717) is 18.5 Å². The van der Waals surface area contributed by atoms with Crippen LogP contribution in [0.4, 0.5) is 6.01 Å². The molecule has 1 N–H and O–H groups in total. The topological polar surface area (TPSA) is 81.2 Å². The van der Waals surface area contributed by atoms with Gasteiger partial charge in [-0.1, -0.05) is 12.0 Å². The summed E-state index contributed by atoms with van der Waals surface area (Å²) >= 11 is 0. The standard InChI is InChI=1S/C14H22N6O2/c1-4-20-5-6-21-12(8-15-14-18-17-10(2)22-14)13(20)11-7-16-19(3)9-11/h7,9,12-13H,4-6,8H2,1-3H3,(H,15,18)/t12-,13-/m0/s1. The monoisotopic (exact) mass is 306 g/mol. The Morgan fingerprint density at radius 3 is 2.91 bits per heavy atom. The van der Waals surface area contributed by atoms with Crippen LogP contribution >= 0.6 is 0 Å². The number of nitrogens with one attached hydrogen (secondary N) is 1. The van der Waals surface area contributed by atoms with Gasteiger partial charge in [-0.15, -0.1) is 5.10 Å². The van der Waals surface area contributed by atoms with Crippen LogP contribution in [-0.2, 0) is 11.8 Å². The van der Waals surface area contributed by atoms with Gasteiger partial charge in [-0.25, -0.2) is 0 Å². The highest BCUT2D eigenvalue weighted by Gasteiger charge is 2.33. The minimum absolute atomic E-state index is 0.00473. The van der Waals surface area contributed by atoms with Crippen molar-refractivity contribution in [1.82, 2.24) is 24.9 Å². The second-order valence-electron chi connectivity index (χ2n) is 5.44. The van der Waals surface area contributed by atoms with Gasteiger partial charge < -0.3 is 14.5 Å². The minimum Gasteiger partial charge on any atom is -0.408 e. The molecule has 0 aromatic carbocycles. The number of rotatable bonds is 5. The lowest BCUT2D eigenvalue weighted by atomic mass is 10.0. The van der Waals surface area contributed by atoms with Gasteiger partial charge in [0.15, 0.2) is 0 Å². The predicted molar refractivity (Wildman–Crippen MR) is 80.5 cm³/mol. The lowest BCUT2D eigenvalue weighted by Gasteiger charge is -2.40. The fourth-order valence-electron chi connectivity index (χ4n) is 2.89. The van der Waals surface area contributed by atoms with Gasteiger partial charge in [0.25, 0.3) is 0 Å². The van der Waals surface area contributed by atoms with Crippen molar-refractivity contribution in [3.8, 4) is 0 Å². The van der Waals surface area contributed by atoms with E-state index in [9.17, 15) is 0 Å². The van der Waals surface area contributed by atoms with Crippen molar-refractivity contribution in [2.24, 2.45) is 7.05 Å². The van der Waals surface area contributed by atoms with E-state index < -0.39 is 0 Å². The maximum Gasteiger partial charge on any atom is 0.315 e. The largest absolute Gasteiger partial charge is 0.408 e. The molecule has 0 bridgehead atoms. The Morgan fingerprint density at radius 2 is 2.27 bits per heavy atom. The maximum absolute atomic E-state index is 5.98. The number of anilines is 1. The van der Waals surface area contributed by atoms with Gasteiger partial charge in [0.2, 0.25) is 5.89 Å². The van der Waals surface area contributed by atoms with E-state index in [1.165, 1.54) is 0 Å². The summed E-state index contributed by atoms with van der Waals surface area (Å²) in [7, 11) is 1.93. The molecule has 22 heavy (non-hydrogen) atoms. The van der Waals surface area contributed by atoms with Gasteiger partial charge in [-0.2, -0.15) is 5.10 Å². The van der Waals surface area contributed by atoms with Crippen molar-refractivity contribution in [2.45, 2.75) is 26.0 Å². The van der Waals surface area contributed by atoms with Crippen molar-refractivity contribution in [2.75, 3.05) is 31.6 Å². The molecule has 2 aromatic rings. The highest BCUT2D eigenvalue weighted by molar-refractivity contribution is 5.20. The van der Waals surface area contributed by atoms with Gasteiger partial charge >= 0.3 is 6.01 Å². The van der Waals surface area contributed by atoms with E-state index in [1.54, 1.807) is 6.92 Å². The summed E-state index contributed by atoms with van der Waals surface area (Å²) in [6.45, 7) is 7.16. The van der Waals surface area contributed by atoms with E-state index in [4.69, 9.17) is 9.15 Å². The van der Waals surface area contributed by atoms with Crippen LogP contribution < -0.4 is 5.32 Å². The Hall–Kier alpha value is -1.93. The van der Waals surface area contributed by atoms with E-state index in [0.717, 1.165) is 25.3 Å².